The van der Waals surface area contributed by atoms with Gasteiger partial charge in [0.1, 0.15) is 0 Å². The van der Waals surface area contributed by atoms with Crippen molar-refractivity contribution in [3.05, 3.63) is 59.7 Å². The van der Waals surface area contributed by atoms with Gasteiger partial charge >= 0.3 is 0 Å². The van der Waals surface area contributed by atoms with E-state index >= 15 is 0 Å². The topological polar surface area (TPSA) is 75.7 Å². The number of ether oxygens (including phenoxy) is 1. The van der Waals surface area contributed by atoms with Crippen LogP contribution < -0.4 is 5.32 Å². The molecule has 30 heavy (non-hydrogen) atoms. The molecule has 0 unspecified atom stereocenters. The van der Waals surface area contributed by atoms with Gasteiger partial charge < -0.3 is 10.1 Å². The number of rotatable bonds is 4. The molecule has 0 bridgehead atoms. The Kier molecular flexibility index (Phi) is 6.36. The molecule has 6 nitrogen and oxygen atoms in total. The van der Waals surface area contributed by atoms with Gasteiger partial charge in [0.15, 0.2) is 0 Å². The van der Waals surface area contributed by atoms with Gasteiger partial charge in [-0.15, -0.1) is 0 Å². The maximum Gasteiger partial charge on any atom is 0.255 e. The molecule has 0 radical (unpaired) electrons. The molecule has 0 saturated carbocycles. The third-order valence-corrected chi connectivity index (χ3v) is 7.00. The Labute approximate surface area is 179 Å². The average molecular weight is 431 g/mol. The van der Waals surface area contributed by atoms with Gasteiger partial charge in [0, 0.05) is 24.3 Å². The number of hydrogen-bond donors (Lipinski definition) is 1. The van der Waals surface area contributed by atoms with Gasteiger partial charge in [-0.3, -0.25) is 4.79 Å². The SMILES string of the molecule is C[C@H]1CN(S(=O)(=O)c2ccc(C(=O)Nc3ccc(C(C)(C)C)cc3)cc2)C[C@H](C)O1. The van der Waals surface area contributed by atoms with Gasteiger partial charge in [-0.1, -0.05) is 32.9 Å². The highest BCUT2D eigenvalue weighted by atomic mass is 32.2. The largest absolute Gasteiger partial charge is 0.373 e. The third kappa shape index (κ3) is 5.09. The molecule has 162 valence electrons. The summed E-state index contributed by atoms with van der Waals surface area (Å²) in [5.74, 6) is -0.281. The minimum atomic E-state index is -3.63. The fourth-order valence-corrected chi connectivity index (χ4v) is 5.10. The summed E-state index contributed by atoms with van der Waals surface area (Å²) < 4.78 is 32.9. The minimum Gasteiger partial charge on any atom is -0.373 e. The molecule has 1 fully saturated rings. The number of carbonyl (C=O) groups excluding carboxylic acids is 1. The lowest BCUT2D eigenvalue weighted by Gasteiger charge is -2.34. The molecule has 2 aromatic rings. The second-order valence-corrected chi connectivity index (χ2v) is 10.8. The summed E-state index contributed by atoms with van der Waals surface area (Å²) in [7, 11) is -3.63. The van der Waals surface area contributed by atoms with Crippen LogP contribution in [-0.2, 0) is 20.2 Å². The lowest BCUT2D eigenvalue weighted by molar-refractivity contribution is -0.0440. The Bertz CT molecular complexity index is 983. The van der Waals surface area contributed by atoms with Crippen molar-refractivity contribution in [1.29, 1.82) is 0 Å². The van der Waals surface area contributed by atoms with Crippen molar-refractivity contribution >= 4 is 21.6 Å². The standard InChI is InChI=1S/C23H30N2O4S/c1-16-14-25(15-17(2)29-16)30(27,28)21-12-6-18(7-13-21)22(26)24-20-10-8-19(9-11-20)23(3,4)5/h6-13,16-17H,14-15H2,1-5H3,(H,24,26)/t16-,17-/m0/s1. The summed E-state index contributed by atoms with van der Waals surface area (Å²) in [5.41, 5.74) is 2.32. The molecule has 1 N–H and O–H groups in total. The van der Waals surface area contributed by atoms with E-state index in [9.17, 15) is 13.2 Å². The zero-order valence-corrected chi connectivity index (χ0v) is 19.0. The van der Waals surface area contributed by atoms with E-state index in [1.165, 1.54) is 22.0 Å². The third-order valence-electron chi connectivity index (χ3n) is 5.15. The molecule has 0 spiro atoms. The molecule has 1 aliphatic heterocycles. The van der Waals surface area contributed by atoms with Gasteiger partial charge in [-0.25, -0.2) is 8.42 Å². The summed E-state index contributed by atoms with van der Waals surface area (Å²) in [6.07, 6.45) is -0.309. The molecule has 2 atom stereocenters. The quantitative estimate of drug-likeness (QED) is 0.794. The van der Waals surface area contributed by atoms with Crippen LogP contribution in [0.25, 0.3) is 0 Å². The first kappa shape index (κ1) is 22.5. The number of benzene rings is 2. The number of carbonyl (C=O) groups is 1. The first-order valence-corrected chi connectivity index (χ1v) is 11.6. The number of nitrogens with one attached hydrogen (secondary N) is 1. The molecular formula is C23H30N2O4S. The van der Waals surface area contributed by atoms with Crippen LogP contribution in [0.4, 0.5) is 5.69 Å². The zero-order valence-electron chi connectivity index (χ0n) is 18.2. The minimum absolute atomic E-state index is 0.0416. The average Bonchev–Trinajstić information content (AvgIpc) is 2.67. The van der Waals surface area contributed by atoms with E-state index in [1.54, 1.807) is 12.1 Å². The Hall–Kier alpha value is -2.22. The van der Waals surface area contributed by atoms with Crippen LogP contribution in [0.2, 0.25) is 0 Å². The van der Waals surface area contributed by atoms with Crippen LogP contribution in [0.5, 0.6) is 0 Å². The van der Waals surface area contributed by atoms with E-state index in [-0.39, 0.29) is 28.4 Å². The van der Waals surface area contributed by atoms with Crippen LogP contribution in [0.15, 0.2) is 53.4 Å². The highest BCUT2D eigenvalue weighted by molar-refractivity contribution is 7.89. The van der Waals surface area contributed by atoms with Crippen molar-refractivity contribution in [3.63, 3.8) is 0 Å². The lowest BCUT2D eigenvalue weighted by Crippen LogP contribution is -2.48. The predicted octanol–water partition coefficient (Wildman–Crippen LogP) is 4.03. The molecule has 3 rings (SSSR count). The molecule has 1 amide bonds. The van der Waals surface area contributed by atoms with Gasteiger partial charge in [0.05, 0.1) is 17.1 Å². The van der Waals surface area contributed by atoms with E-state index < -0.39 is 10.0 Å². The van der Waals surface area contributed by atoms with Crippen LogP contribution >= 0.6 is 0 Å². The van der Waals surface area contributed by atoms with E-state index in [4.69, 9.17) is 4.74 Å². The van der Waals surface area contributed by atoms with Crippen LogP contribution in [0, 0.1) is 0 Å². The normalized spacial score (nSPS) is 20.7. The highest BCUT2D eigenvalue weighted by Gasteiger charge is 2.32. The number of sulfonamides is 1. The second-order valence-electron chi connectivity index (χ2n) is 8.89. The maximum absolute atomic E-state index is 12.9. The number of anilines is 1. The Balaban J connectivity index is 1.71. The van der Waals surface area contributed by atoms with Crippen molar-refractivity contribution in [2.75, 3.05) is 18.4 Å². The lowest BCUT2D eigenvalue weighted by atomic mass is 9.87. The summed E-state index contributed by atoms with van der Waals surface area (Å²) in [6, 6.07) is 13.8. The predicted molar refractivity (Wildman–Crippen MR) is 118 cm³/mol. The van der Waals surface area contributed by atoms with Gasteiger partial charge in [0.2, 0.25) is 10.0 Å². The molecule has 1 aliphatic rings. The molecular weight excluding hydrogens is 400 g/mol. The smallest absolute Gasteiger partial charge is 0.255 e. The van der Waals surface area contributed by atoms with E-state index in [2.05, 4.69) is 26.1 Å². The zero-order chi connectivity index (χ0) is 22.1. The van der Waals surface area contributed by atoms with E-state index in [1.807, 2.05) is 38.1 Å². The first-order valence-electron chi connectivity index (χ1n) is 10.1. The number of hydrogen-bond acceptors (Lipinski definition) is 4. The monoisotopic (exact) mass is 430 g/mol. The molecule has 2 aromatic carbocycles. The summed E-state index contributed by atoms with van der Waals surface area (Å²) in [4.78, 5) is 12.7. The van der Waals surface area contributed by atoms with Crippen LogP contribution in [0.3, 0.4) is 0 Å². The Morgan fingerprint density at radius 3 is 2.00 bits per heavy atom. The Morgan fingerprint density at radius 2 is 1.50 bits per heavy atom. The molecule has 1 saturated heterocycles. The fraction of sp³-hybridized carbons (Fsp3) is 0.435. The van der Waals surface area contributed by atoms with Crippen LogP contribution in [-0.4, -0.2) is 43.9 Å². The van der Waals surface area contributed by atoms with Gasteiger partial charge in [0.25, 0.3) is 5.91 Å². The summed E-state index contributed by atoms with van der Waals surface area (Å²) in [5, 5.41) is 2.85. The maximum atomic E-state index is 12.9. The van der Waals surface area contributed by atoms with Crippen molar-refractivity contribution < 1.29 is 17.9 Å². The number of amides is 1. The summed E-state index contributed by atoms with van der Waals surface area (Å²) >= 11 is 0. The van der Waals surface area contributed by atoms with Crippen molar-refractivity contribution in [3.8, 4) is 0 Å². The second kappa shape index (κ2) is 8.49. The van der Waals surface area contributed by atoms with Crippen molar-refractivity contribution in [2.45, 2.75) is 57.1 Å². The van der Waals surface area contributed by atoms with Crippen molar-refractivity contribution in [1.82, 2.24) is 4.31 Å². The van der Waals surface area contributed by atoms with Gasteiger partial charge in [-0.2, -0.15) is 4.31 Å². The highest BCUT2D eigenvalue weighted by Crippen LogP contribution is 2.24. The summed E-state index contributed by atoms with van der Waals surface area (Å²) in [6.45, 7) is 10.8. The molecule has 1 heterocycles. The van der Waals surface area contributed by atoms with Gasteiger partial charge in [-0.05, 0) is 61.2 Å². The fourth-order valence-electron chi connectivity index (χ4n) is 3.51. The number of morpholine rings is 1. The molecule has 7 heteroatoms. The molecule has 0 aliphatic carbocycles. The van der Waals surface area contributed by atoms with Crippen LogP contribution in [0.1, 0.15) is 50.5 Å². The number of nitrogens with zero attached hydrogens (tertiary/aromatic N) is 1. The van der Waals surface area contributed by atoms with Crippen molar-refractivity contribution in [2.24, 2.45) is 0 Å². The van der Waals surface area contributed by atoms with E-state index in [0.29, 0.717) is 24.3 Å². The van der Waals surface area contributed by atoms with E-state index in [0.717, 1.165) is 0 Å². The first-order chi connectivity index (χ1) is 14.0. The Morgan fingerprint density at radius 1 is 0.967 bits per heavy atom. The molecule has 0 aromatic heterocycles.